The standard InChI is InChI=1S/C6H7NO2S.C3H3NS.CH4O3S/c7-10(8,9)6-4-2-1-3-5-6;1-2-5-3-4-1;1-5(2,3)4/h1-5H,(H2,7,8,9);1-3H;1H3,(H,2,3,4). The summed E-state index contributed by atoms with van der Waals surface area (Å²) in [7, 11) is -7.17. The Labute approximate surface area is 121 Å². The molecule has 112 valence electrons. The van der Waals surface area contributed by atoms with Crippen molar-refractivity contribution in [2.75, 3.05) is 6.26 Å². The molecule has 0 fully saturated rings. The number of nitrogens with zero attached hydrogens (tertiary/aromatic N) is 1. The van der Waals surface area contributed by atoms with E-state index in [0.717, 1.165) is 0 Å². The molecule has 1 heterocycles. The topological polar surface area (TPSA) is 127 Å². The third-order valence-electron chi connectivity index (χ3n) is 1.42. The summed E-state index contributed by atoms with van der Waals surface area (Å²) >= 11 is 1.60. The van der Waals surface area contributed by atoms with Gasteiger partial charge in [-0.2, -0.15) is 8.42 Å². The zero-order chi connectivity index (χ0) is 15.6. The van der Waals surface area contributed by atoms with Crippen LogP contribution in [0.4, 0.5) is 0 Å². The van der Waals surface area contributed by atoms with Crippen molar-refractivity contribution < 1.29 is 21.4 Å². The first-order chi connectivity index (χ1) is 9.11. The van der Waals surface area contributed by atoms with E-state index < -0.39 is 20.1 Å². The summed E-state index contributed by atoms with van der Waals surface area (Å²) in [6.45, 7) is 0. The molecule has 3 N–H and O–H groups in total. The molecule has 1 aromatic heterocycles. The predicted molar refractivity (Wildman–Crippen MR) is 77.4 cm³/mol. The summed E-state index contributed by atoms with van der Waals surface area (Å²) in [4.78, 5) is 3.89. The van der Waals surface area contributed by atoms with Crippen molar-refractivity contribution in [1.29, 1.82) is 0 Å². The second-order valence-corrected chi connectivity index (χ2v) is 7.05. The summed E-state index contributed by atoms with van der Waals surface area (Å²) in [5, 5.41) is 6.76. The molecule has 7 nitrogen and oxygen atoms in total. The van der Waals surface area contributed by atoms with Crippen LogP contribution in [-0.2, 0) is 20.1 Å². The lowest BCUT2D eigenvalue weighted by molar-refractivity contribution is 0.490. The number of hydrogen-bond acceptors (Lipinski definition) is 6. The van der Waals surface area contributed by atoms with Crippen LogP contribution >= 0.6 is 11.3 Å². The first-order valence-electron chi connectivity index (χ1n) is 4.93. The fourth-order valence-corrected chi connectivity index (χ4v) is 1.67. The molecule has 0 aliphatic heterocycles. The lowest BCUT2D eigenvalue weighted by atomic mass is 10.4. The Hall–Kier alpha value is -1.33. The third-order valence-corrected chi connectivity index (χ3v) is 2.87. The quantitative estimate of drug-likeness (QED) is 0.746. The summed E-state index contributed by atoms with van der Waals surface area (Å²) in [5.41, 5.74) is 1.79. The van der Waals surface area contributed by atoms with Gasteiger partial charge in [0.1, 0.15) is 0 Å². The second-order valence-electron chi connectivity index (χ2n) is 3.27. The zero-order valence-corrected chi connectivity index (χ0v) is 12.9. The van der Waals surface area contributed by atoms with Crippen molar-refractivity contribution in [1.82, 2.24) is 4.98 Å². The Bertz CT molecular complexity index is 642. The number of rotatable bonds is 1. The molecule has 0 saturated carbocycles. The average Bonchev–Trinajstić information content (AvgIpc) is 2.85. The molecule has 20 heavy (non-hydrogen) atoms. The van der Waals surface area contributed by atoms with Gasteiger partial charge in [0, 0.05) is 11.6 Å². The highest BCUT2D eigenvalue weighted by atomic mass is 32.2. The summed E-state index contributed by atoms with van der Waals surface area (Å²) < 4.78 is 47.1. The van der Waals surface area contributed by atoms with Crippen LogP contribution in [0.5, 0.6) is 0 Å². The largest absolute Gasteiger partial charge is 0.286 e. The van der Waals surface area contributed by atoms with Crippen LogP contribution in [0, 0.1) is 0 Å². The van der Waals surface area contributed by atoms with E-state index in [1.54, 1.807) is 41.2 Å². The number of hydrogen-bond donors (Lipinski definition) is 2. The zero-order valence-electron chi connectivity index (χ0n) is 10.4. The maximum Gasteiger partial charge on any atom is 0.261 e. The van der Waals surface area contributed by atoms with Gasteiger partial charge in [-0.25, -0.2) is 13.6 Å². The Balaban J connectivity index is 0.000000304. The molecule has 0 radical (unpaired) electrons. The van der Waals surface area contributed by atoms with E-state index in [-0.39, 0.29) is 4.90 Å². The molecule has 0 aliphatic carbocycles. The summed E-state index contributed by atoms with van der Waals surface area (Å²) in [6.07, 6.45) is 2.48. The number of benzene rings is 1. The second kappa shape index (κ2) is 8.76. The molecular formula is C10H14N2O5S3. The minimum atomic E-state index is -3.67. The Morgan fingerprint density at radius 2 is 1.65 bits per heavy atom. The van der Waals surface area contributed by atoms with Crippen LogP contribution in [0.15, 0.2) is 52.3 Å². The first-order valence-corrected chi connectivity index (χ1v) is 9.27. The molecule has 2 rings (SSSR count). The van der Waals surface area contributed by atoms with E-state index >= 15 is 0 Å². The maximum atomic E-state index is 10.6. The monoisotopic (exact) mass is 338 g/mol. The van der Waals surface area contributed by atoms with E-state index in [9.17, 15) is 16.8 Å². The molecule has 0 amide bonds. The molecule has 0 bridgehead atoms. The van der Waals surface area contributed by atoms with Gasteiger partial charge < -0.3 is 0 Å². The SMILES string of the molecule is CS(=O)(=O)O.NS(=O)(=O)c1ccccc1.c1cscn1. The Morgan fingerprint density at radius 1 is 1.15 bits per heavy atom. The molecule has 0 saturated heterocycles. The van der Waals surface area contributed by atoms with Gasteiger partial charge >= 0.3 is 0 Å². The predicted octanol–water partition coefficient (Wildman–Crippen LogP) is 0.981. The van der Waals surface area contributed by atoms with Crippen LogP contribution in [0.2, 0.25) is 0 Å². The van der Waals surface area contributed by atoms with Crippen LogP contribution in [0.1, 0.15) is 0 Å². The molecule has 2 aromatic rings. The molecule has 10 heteroatoms. The van der Waals surface area contributed by atoms with Gasteiger partial charge in [0.25, 0.3) is 10.1 Å². The van der Waals surface area contributed by atoms with Gasteiger partial charge in [-0.3, -0.25) is 9.54 Å². The van der Waals surface area contributed by atoms with E-state index in [0.29, 0.717) is 6.26 Å². The van der Waals surface area contributed by atoms with Crippen LogP contribution in [0.25, 0.3) is 0 Å². The van der Waals surface area contributed by atoms with Gasteiger partial charge in [-0.05, 0) is 12.1 Å². The van der Waals surface area contributed by atoms with Crippen molar-refractivity contribution >= 4 is 31.5 Å². The highest BCUT2D eigenvalue weighted by Crippen LogP contribution is 2.03. The Kier molecular flexibility index (Phi) is 8.18. The van der Waals surface area contributed by atoms with Crippen molar-refractivity contribution in [2.45, 2.75) is 4.90 Å². The van der Waals surface area contributed by atoms with Gasteiger partial charge in [0.2, 0.25) is 10.0 Å². The van der Waals surface area contributed by atoms with Crippen LogP contribution in [-0.4, -0.2) is 32.6 Å². The molecule has 0 spiro atoms. The average molecular weight is 338 g/mol. The van der Waals surface area contributed by atoms with E-state index in [2.05, 4.69) is 4.98 Å². The number of aromatic nitrogens is 1. The molecule has 0 aliphatic rings. The van der Waals surface area contributed by atoms with Gasteiger partial charge in [-0.1, -0.05) is 18.2 Å². The molecule has 0 unspecified atom stereocenters. The minimum absolute atomic E-state index is 0.148. The fourth-order valence-electron chi connectivity index (χ4n) is 0.786. The van der Waals surface area contributed by atoms with E-state index in [4.69, 9.17) is 9.69 Å². The van der Waals surface area contributed by atoms with Crippen molar-refractivity contribution in [3.05, 3.63) is 47.4 Å². The summed E-state index contributed by atoms with van der Waals surface area (Å²) in [6, 6.07) is 7.89. The van der Waals surface area contributed by atoms with E-state index in [1.807, 2.05) is 5.38 Å². The molecule has 1 aromatic carbocycles. The van der Waals surface area contributed by atoms with Crippen molar-refractivity contribution in [2.24, 2.45) is 5.14 Å². The fraction of sp³-hybridized carbons (Fsp3) is 0.100. The summed E-state index contributed by atoms with van der Waals surface area (Å²) in [5.74, 6) is 0. The third kappa shape index (κ3) is 13.1. The maximum absolute atomic E-state index is 10.6. The lowest BCUT2D eigenvalue weighted by Crippen LogP contribution is -2.11. The number of sulfonamides is 1. The number of primary sulfonamides is 1. The van der Waals surface area contributed by atoms with Gasteiger partial charge in [-0.15, -0.1) is 11.3 Å². The van der Waals surface area contributed by atoms with Gasteiger partial charge in [0.05, 0.1) is 16.7 Å². The molecular weight excluding hydrogens is 324 g/mol. The smallest absolute Gasteiger partial charge is 0.261 e. The highest BCUT2D eigenvalue weighted by molar-refractivity contribution is 7.89. The molecule has 0 atom stereocenters. The Morgan fingerprint density at radius 3 is 1.85 bits per heavy atom. The number of thiazole rings is 1. The minimum Gasteiger partial charge on any atom is -0.286 e. The van der Waals surface area contributed by atoms with Crippen LogP contribution in [0.3, 0.4) is 0 Å². The van der Waals surface area contributed by atoms with Crippen molar-refractivity contribution in [3.8, 4) is 0 Å². The van der Waals surface area contributed by atoms with Crippen LogP contribution < -0.4 is 5.14 Å². The van der Waals surface area contributed by atoms with Crippen molar-refractivity contribution in [3.63, 3.8) is 0 Å². The normalized spacial score (nSPS) is 10.6. The first kappa shape index (κ1) is 18.7. The highest BCUT2D eigenvalue weighted by Gasteiger charge is 2.03. The van der Waals surface area contributed by atoms with Gasteiger partial charge in [0.15, 0.2) is 0 Å². The lowest BCUT2D eigenvalue weighted by Gasteiger charge is -1.93. The van der Waals surface area contributed by atoms with E-state index in [1.165, 1.54) is 12.1 Å². The number of nitrogens with two attached hydrogens (primary N) is 1.